The molecule has 1 saturated carbocycles. The van der Waals surface area contributed by atoms with Gasteiger partial charge >= 0.3 is 12.1 Å². The van der Waals surface area contributed by atoms with Crippen molar-refractivity contribution in [2.75, 3.05) is 6.79 Å². The monoisotopic (exact) mass is 360 g/mol. The number of carbonyl (C=O) groups excluding carboxylic acids is 2. The molecule has 0 bridgehead atoms. The van der Waals surface area contributed by atoms with Gasteiger partial charge in [0.15, 0.2) is 11.5 Å². The zero-order chi connectivity index (χ0) is 18.3. The molecule has 0 spiro atoms. The summed E-state index contributed by atoms with van der Waals surface area (Å²) in [6.45, 7) is 4.15. The van der Waals surface area contributed by atoms with Gasteiger partial charge in [-0.25, -0.2) is 14.5 Å². The van der Waals surface area contributed by atoms with Gasteiger partial charge in [-0.3, -0.25) is 0 Å². The van der Waals surface area contributed by atoms with Crippen molar-refractivity contribution in [1.82, 2.24) is 10.2 Å². The molecular formula is C19H24N2O5. The van der Waals surface area contributed by atoms with Crippen LogP contribution in [0.15, 0.2) is 18.2 Å². The van der Waals surface area contributed by atoms with Gasteiger partial charge in [0, 0.05) is 6.04 Å². The Morgan fingerprint density at radius 2 is 1.92 bits per heavy atom. The number of rotatable bonds is 2. The SMILES string of the molecule is CC1CCCCC1NC(=O)N1C(=O)O[C@@H](c2ccc3c(c2)OCO3)[C@@H]1C. The molecular weight excluding hydrogens is 336 g/mol. The third-order valence-electron chi connectivity index (χ3n) is 5.63. The maximum absolute atomic E-state index is 12.7. The van der Waals surface area contributed by atoms with Gasteiger partial charge in [-0.05, 0) is 43.4 Å². The molecule has 3 aliphatic rings. The molecule has 140 valence electrons. The molecule has 1 aromatic rings. The highest BCUT2D eigenvalue weighted by Crippen LogP contribution is 2.39. The van der Waals surface area contributed by atoms with Crippen LogP contribution in [0.25, 0.3) is 0 Å². The highest BCUT2D eigenvalue weighted by atomic mass is 16.7. The van der Waals surface area contributed by atoms with Crippen molar-refractivity contribution in [3.8, 4) is 11.5 Å². The van der Waals surface area contributed by atoms with E-state index in [9.17, 15) is 9.59 Å². The topological polar surface area (TPSA) is 77.1 Å². The fourth-order valence-corrected chi connectivity index (χ4v) is 4.03. The molecule has 7 heteroatoms. The largest absolute Gasteiger partial charge is 0.454 e. The van der Waals surface area contributed by atoms with E-state index in [1.54, 1.807) is 12.1 Å². The Labute approximate surface area is 152 Å². The van der Waals surface area contributed by atoms with Crippen LogP contribution in [0.5, 0.6) is 11.5 Å². The molecule has 0 radical (unpaired) electrons. The summed E-state index contributed by atoms with van der Waals surface area (Å²) >= 11 is 0. The standard InChI is InChI=1S/C19H24N2O5/c1-11-5-3-4-6-14(11)20-18(22)21-12(2)17(26-19(21)23)13-7-8-15-16(9-13)25-10-24-15/h7-9,11-12,14,17H,3-6,10H2,1-2H3,(H,20,22)/t11?,12-,14?,17+/m0/s1. The lowest BCUT2D eigenvalue weighted by atomic mass is 9.86. The van der Waals surface area contributed by atoms with Crippen molar-refractivity contribution in [2.24, 2.45) is 5.92 Å². The Bertz CT molecular complexity index is 722. The first kappa shape index (κ1) is 17.0. The van der Waals surface area contributed by atoms with Crippen molar-refractivity contribution >= 4 is 12.1 Å². The summed E-state index contributed by atoms with van der Waals surface area (Å²) in [5.41, 5.74) is 0.788. The third-order valence-corrected chi connectivity index (χ3v) is 5.63. The van der Waals surface area contributed by atoms with E-state index in [0.717, 1.165) is 24.8 Å². The highest BCUT2D eigenvalue weighted by molar-refractivity contribution is 5.93. The Balaban J connectivity index is 1.48. The molecule has 2 heterocycles. The lowest BCUT2D eigenvalue weighted by Gasteiger charge is -2.31. The molecule has 2 aliphatic heterocycles. The van der Waals surface area contributed by atoms with Crippen LogP contribution in [-0.2, 0) is 4.74 Å². The van der Waals surface area contributed by atoms with Crippen molar-refractivity contribution < 1.29 is 23.8 Å². The summed E-state index contributed by atoms with van der Waals surface area (Å²) in [4.78, 5) is 26.3. The highest BCUT2D eigenvalue weighted by Gasteiger charge is 2.44. The third kappa shape index (κ3) is 2.95. The Morgan fingerprint density at radius 1 is 1.15 bits per heavy atom. The zero-order valence-electron chi connectivity index (χ0n) is 15.1. The van der Waals surface area contributed by atoms with Gasteiger partial charge in [-0.15, -0.1) is 0 Å². The van der Waals surface area contributed by atoms with Crippen LogP contribution in [0.2, 0.25) is 0 Å². The van der Waals surface area contributed by atoms with E-state index in [1.807, 2.05) is 13.0 Å². The van der Waals surface area contributed by atoms with E-state index in [1.165, 1.54) is 11.3 Å². The summed E-state index contributed by atoms with van der Waals surface area (Å²) < 4.78 is 16.2. The van der Waals surface area contributed by atoms with Crippen LogP contribution < -0.4 is 14.8 Å². The predicted molar refractivity (Wildman–Crippen MR) is 93.0 cm³/mol. The van der Waals surface area contributed by atoms with E-state index in [0.29, 0.717) is 17.4 Å². The molecule has 4 rings (SSSR count). The van der Waals surface area contributed by atoms with Gasteiger partial charge in [0.05, 0.1) is 6.04 Å². The molecule has 4 atom stereocenters. The van der Waals surface area contributed by atoms with Crippen molar-refractivity contribution in [3.63, 3.8) is 0 Å². The summed E-state index contributed by atoms with van der Waals surface area (Å²) in [5.74, 6) is 1.72. The number of carbonyl (C=O) groups is 2. The number of hydrogen-bond acceptors (Lipinski definition) is 5. The van der Waals surface area contributed by atoms with Gasteiger partial charge in [0.25, 0.3) is 0 Å². The van der Waals surface area contributed by atoms with E-state index < -0.39 is 18.2 Å². The molecule has 7 nitrogen and oxygen atoms in total. The molecule has 2 unspecified atom stereocenters. The Hall–Kier alpha value is -2.44. The molecule has 1 saturated heterocycles. The Morgan fingerprint density at radius 3 is 2.73 bits per heavy atom. The van der Waals surface area contributed by atoms with Gasteiger partial charge in [-0.2, -0.15) is 0 Å². The smallest absolute Gasteiger partial charge is 0.419 e. The average molecular weight is 360 g/mol. The van der Waals surface area contributed by atoms with Crippen LogP contribution in [0, 0.1) is 5.92 Å². The fraction of sp³-hybridized carbons (Fsp3) is 0.579. The van der Waals surface area contributed by atoms with Crippen LogP contribution in [0.1, 0.15) is 51.2 Å². The second-order valence-corrected chi connectivity index (χ2v) is 7.35. The quantitative estimate of drug-likeness (QED) is 0.872. The minimum absolute atomic E-state index is 0.112. The van der Waals surface area contributed by atoms with Gasteiger partial charge < -0.3 is 19.5 Å². The number of cyclic esters (lactones) is 1. The number of urea groups is 1. The summed E-state index contributed by atoms with van der Waals surface area (Å²) in [6, 6.07) is 4.78. The van der Waals surface area contributed by atoms with E-state index in [2.05, 4.69) is 12.2 Å². The average Bonchev–Trinajstić information content (AvgIpc) is 3.20. The minimum atomic E-state index is -0.610. The Kier molecular flexibility index (Phi) is 4.38. The number of ether oxygens (including phenoxy) is 3. The molecule has 3 amide bonds. The first-order valence-corrected chi connectivity index (χ1v) is 9.24. The second-order valence-electron chi connectivity index (χ2n) is 7.35. The second kappa shape index (κ2) is 6.70. The normalized spacial score (nSPS) is 30.2. The maximum Gasteiger partial charge on any atom is 0.419 e. The summed E-state index contributed by atoms with van der Waals surface area (Å²) in [6.07, 6.45) is 3.23. The summed E-state index contributed by atoms with van der Waals surface area (Å²) in [7, 11) is 0. The number of hydrogen-bond donors (Lipinski definition) is 1. The first-order chi connectivity index (χ1) is 12.5. The van der Waals surface area contributed by atoms with Gasteiger partial charge in [0.2, 0.25) is 6.79 Å². The van der Waals surface area contributed by atoms with Crippen LogP contribution in [-0.4, -0.2) is 35.9 Å². The molecule has 1 N–H and O–H groups in total. The van der Waals surface area contributed by atoms with E-state index >= 15 is 0 Å². The van der Waals surface area contributed by atoms with E-state index in [4.69, 9.17) is 14.2 Å². The van der Waals surface area contributed by atoms with Crippen molar-refractivity contribution in [3.05, 3.63) is 23.8 Å². The van der Waals surface area contributed by atoms with Crippen molar-refractivity contribution in [1.29, 1.82) is 0 Å². The van der Waals surface area contributed by atoms with E-state index in [-0.39, 0.29) is 18.9 Å². The fourth-order valence-electron chi connectivity index (χ4n) is 4.03. The summed E-state index contributed by atoms with van der Waals surface area (Å²) in [5, 5.41) is 3.03. The van der Waals surface area contributed by atoms with Crippen LogP contribution >= 0.6 is 0 Å². The lowest BCUT2D eigenvalue weighted by molar-refractivity contribution is 0.130. The van der Waals surface area contributed by atoms with Gasteiger partial charge in [0.1, 0.15) is 6.10 Å². The van der Waals surface area contributed by atoms with Crippen LogP contribution in [0.4, 0.5) is 9.59 Å². The maximum atomic E-state index is 12.7. The number of nitrogens with one attached hydrogen (secondary N) is 1. The van der Waals surface area contributed by atoms with Crippen molar-refractivity contribution in [2.45, 2.75) is 57.7 Å². The number of imide groups is 1. The predicted octanol–water partition coefficient (Wildman–Crippen LogP) is 3.59. The molecule has 0 aromatic heterocycles. The number of benzene rings is 1. The molecule has 26 heavy (non-hydrogen) atoms. The number of nitrogens with zero attached hydrogens (tertiary/aromatic N) is 1. The lowest BCUT2D eigenvalue weighted by Crippen LogP contribution is -2.50. The molecule has 2 fully saturated rings. The zero-order valence-corrected chi connectivity index (χ0v) is 15.1. The molecule has 1 aromatic carbocycles. The van der Waals surface area contributed by atoms with Gasteiger partial charge in [-0.1, -0.05) is 25.8 Å². The minimum Gasteiger partial charge on any atom is -0.454 e. The number of fused-ring (bicyclic) bond motifs is 1. The first-order valence-electron chi connectivity index (χ1n) is 9.24. The molecule has 1 aliphatic carbocycles. The number of amides is 3. The van der Waals surface area contributed by atoms with Crippen LogP contribution in [0.3, 0.4) is 0 Å².